The van der Waals surface area contributed by atoms with Crippen LogP contribution < -0.4 is 15.3 Å². The number of para-hydroxylation sites is 1. The van der Waals surface area contributed by atoms with Crippen LogP contribution in [0.5, 0.6) is 5.75 Å². The van der Waals surface area contributed by atoms with E-state index in [1.54, 1.807) is 18.0 Å². The van der Waals surface area contributed by atoms with Gasteiger partial charge in [0.25, 0.3) is 5.69 Å². The Hall–Kier alpha value is -4.55. The number of primary sulfonamides is 1. The van der Waals surface area contributed by atoms with Gasteiger partial charge in [0.1, 0.15) is 17.1 Å². The van der Waals surface area contributed by atoms with Crippen molar-refractivity contribution in [3.8, 4) is 22.7 Å². The number of nitrogens with one attached hydrogen (secondary N) is 1. The Balaban J connectivity index is 1.69. The van der Waals surface area contributed by atoms with E-state index in [1.807, 2.05) is 54.6 Å². The van der Waals surface area contributed by atoms with Gasteiger partial charge in [0.15, 0.2) is 0 Å². The molecule has 1 heterocycles. The minimum absolute atomic E-state index is 0.0000914. The van der Waals surface area contributed by atoms with Gasteiger partial charge in [0.05, 0.1) is 28.8 Å². The second-order valence-electron chi connectivity index (χ2n) is 7.29. The first-order valence-electron chi connectivity index (χ1n) is 10.2. The molecule has 0 aliphatic carbocycles. The summed E-state index contributed by atoms with van der Waals surface area (Å²) >= 11 is 0. The van der Waals surface area contributed by atoms with Crippen molar-refractivity contribution in [2.75, 3.05) is 12.5 Å². The molecule has 0 unspecified atom stereocenters. The number of hydrogen-bond acceptors (Lipinski definition) is 8. The largest absolute Gasteiger partial charge is 0.497 e. The molecule has 12 heteroatoms. The van der Waals surface area contributed by atoms with E-state index in [9.17, 15) is 18.5 Å². The summed E-state index contributed by atoms with van der Waals surface area (Å²) in [6, 6.07) is 20.1. The van der Waals surface area contributed by atoms with Gasteiger partial charge in [0, 0.05) is 23.4 Å². The van der Waals surface area contributed by atoms with Crippen molar-refractivity contribution in [3.05, 3.63) is 94.7 Å². The fourth-order valence-corrected chi connectivity index (χ4v) is 3.81. The minimum Gasteiger partial charge on any atom is -0.497 e. The standard InChI is InChI=1S/C23H20N6O5S/c1-34-19-9-7-16(8-10-19)23-17(15-28(27-23)18-5-3-2-4-6-18)14-25-26-21-12-11-20(35(24,32)33)13-22(21)29(30)31/h2-15,26H,1H3,(H2,24,32,33). The summed E-state index contributed by atoms with van der Waals surface area (Å²) in [6.45, 7) is 0. The van der Waals surface area contributed by atoms with E-state index in [2.05, 4.69) is 15.6 Å². The first kappa shape index (κ1) is 23.6. The number of aromatic nitrogens is 2. The molecule has 1 aromatic heterocycles. The third kappa shape index (κ3) is 5.34. The van der Waals surface area contributed by atoms with E-state index in [0.29, 0.717) is 17.0 Å². The Bertz CT molecular complexity index is 1500. The number of hydrazone groups is 1. The van der Waals surface area contributed by atoms with Gasteiger partial charge in [-0.15, -0.1) is 0 Å². The van der Waals surface area contributed by atoms with Crippen molar-refractivity contribution in [1.82, 2.24) is 9.78 Å². The molecule has 4 rings (SSSR count). The first-order chi connectivity index (χ1) is 16.8. The molecule has 0 atom stereocenters. The molecule has 0 aliphatic heterocycles. The van der Waals surface area contributed by atoms with E-state index in [4.69, 9.17) is 9.88 Å². The lowest BCUT2D eigenvalue weighted by Crippen LogP contribution is -2.12. The fourth-order valence-electron chi connectivity index (χ4n) is 3.27. The number of nitro groups is 1. The molecule has 4 aromatic rings. The Kier molecular flexibility index (Phi) is 6.57. The van der Waals surface area contributed by atoms with E-state index in [0.717, 1.165) is 23.4 Å². The molecule has 0 spiro atoms. The first-order valence-corrected chi connectivity index (χ1v) is 11.7. The fraction of sp³-hybridized carbons (Fsp3) is 0.0435. The number of benzene rings is 3. The monoisotopic (exact) mass is 492 g/mol. The van der Waals surface area contributed by atoms with Crippen molar-refractivity contribution in [2.24, 2.45) is 10.2 Å². The van der Waals surface area contributed by atoms with Crippen LogP contribution in [0.4, 0.5) is 11.4 Å². The highest BCUT2D eigenvalue weighted by molar-refractivity contribution is 7.89. The molecule has 11 nitrogen and oxygen atoms in total. The van der Waals surface area contributed by atoms with Crippen molar-refractivity contribution < 1.29 is 18.1 Å². The molecule has 0 bridgehead atoms. The third-order valence-corrected chi connectivity index (χ3v) is 5.92. The van der Waals surface area contributed by atoms with Crippen molar-refractivity contribution in [1.29, 1.82) is 0 Å². The van der Waals surface area contributed by atoms with Gasteiger partial charge in [0.2, 0.25) is 10.0 Å². The topological polar surface area (TPSA) is 155 Å². The van der Waals surface area contributed by atoms with Crippen molar-refractivity contribution in [3.63, 3.8) is 0 Å². The highest BCUT2D eigenvalue weighted by atomic mass is 32.2. The van der Waals surface area contributed by atoms with Crippen LogP contribution in [0.3, 0.4) is 0 Å². The van der Waals surface area contributed by atoms with Crippen LogP contribution >= 0.6 is 0 Å². The number of nitrogens with zero attached hydrogens (tertiary/aromatic N) is 4. The van der Waals surface area contributed by atoms with Crippen LogP contribution in [0.25, 0.3) is 16.9 Å². The van der Waals surface area contributed by atoms with Crippen LogP contribution in [-0.2, 0) is 10.0 Å². The molecule has 0 radical (unpaired) electrons. The molecule has 178 valence electrons. The average molecular weight is 493 g/mol. The summed E-state index contributed by atoms with van der Waals surface area (Å²) < 4.78 is 30.0. The van der Waals surface area contributed by atoms with E-state index in [-0.39, 0.29) is 10.6 Å². The predicted molar refractivity (Wildman–Crippen MR) is 131 cm³/mol. The predicted octanol–water partition coefficient (Wildman–Crippen LogP) is 3.55. The zero-order valence-corrected chi connectivity index (χ0v) is 19.2. The van der Waals surface area contributed by atoms with E-state index < -0.39 is 20.6 Å². The van der Waals surface area contributed by atoms with Gasteiger partial charge in [-0.25, -0.2) is 18.2 Å². The molecule has 0 aliphatic rings. The summed E-state index contributed by atoms with van der Waals surface area (Å²) in [7, 11) is -2.51. The molecule has 35 heavy (non-hydrogen) atoms. The summed E-state index contributed by atoms with van der Waals surface area (Å²) in [4.78, 5) is 10.3. The molecule has 0 fully saturated rings. The summed E-state index contributed by atoms with van der Waals surface area (Å²) in [5, 5.41) is 25.3. The van der Waals surface area contributed by atoms with Gasteiger partial charge < -0.3 is 4.74 Å². The Morgan fingerprint density at radius 3 is 2.46 bits per heavy atom. The number of rotatable bonds is 8. The molecule has 3 N–H and O–H groups in total. The molecular weight excluding hydrogens is 472 g/mol. The Morgan fingerprint density at radius 2 is 1.83 bits per heavy atom. The number of ether oxygens (including phenoxy) is 1. The molecule has 3 aromatic carbocycles. The normalized spacial score (nSPS) is 11.5. The SMILES string of the molecule is COc1ccc(-c2nn(-c3ccccc3)cc2C=NNc2ccc(S(N)(=O)=O)cc2[N+](=O)[O-])cc1. The zero-order chi connectivity index (χ0) is 25.0. The Labute approximate surface area is 200 Å². The quantitative estimate of drug-likeness (QED) is 0.216. The van der Waals surface area contributed by atoms with Crippen molar-refractivity contribution in [2.45, 2.75) is 4.90 Å². The summed E-state index contributed by atoms with van der Waals surface area (Å²) in [6.07, 6.45) is 3.25. The number of nitrogens with two attached hydrogens (primary N) is 1. The number of nitro benzene ring substituents is 1. The zero-order valence-electron chi connectivity index (χ0n) is 18.4. The van der Waals surface area contributed by atoms with Gasteiger partial charge in [-0.3, -0.25) is 15.5 Å². The van der Waals surface area contributed by atoms with E-state index >= 15 is 0 Å². The molecule has 0 saturated heterocycles. The van der Waals surface area contributed by atoms with Gasteiger partial charge >= 0.3 is 0 Å². The second kappa shape index (κ2) is 9.75. The lowest BCUT2D eigenvalue weighted by molar-refractivity contribution is -0.384. The highest BCUT2D eigenvalue weighted by Crippen LogP contribution is 2.28. The van der Waals surface area contributed by atoms with E-state index in [1.165, 1.54) is 12.3 Å². The second-order valence-corrected chi connectivity index (χ2v) is 8.85. The highest BCUT2D eigenvalue weighted by Gasteiger charge is 2.19. The maximum absolute atomic E-state index is 11.5. The van der Waals surface area contributed by atoms with Gasteiger partial charge in [-0.2, -0.15) is 10.2 Å². The number of anilines is 1. The maximum atomic E-state index is 11.5. The van der Waals surface area contributed by atoms with Crippen LogP contribution in [0.1, 0.15) is 5.56 Å². The summed E-state index contributed by atoms with van der Waals surface area (Å²) in [5.41, 5.74) is 5.03. The van der Waals surface area contributed by atoms with Crippen LogP contribution in [0.15, 0.2) is 89.0 Å². The van der Waals surface area contributed by atoms with Crippen LogP contribution in [-0.4, -0.2) is 36.4 Å². The Morgan fingerprint density at radius 1 is 1.11 bits per heavy atom. The molecule has 0 amide bonds. The van der Waals surface area contributed by atoms with Gasteiger partial charge in [-0.05, 0) is 48.5 Å². The molecular formula is C23H20N6O5S. The maximum Gasteiger partial charge on any atom is 0.295 e. The minimum atomic E-state index is -4.09. The van der Waals surface area contributed by atoms with Crippen LogP contribution in [0.2, 0.25) is 0 Å². The summed E-state index contributed by atoms with van der Waals surface area (Å²) in [5.74, 6) is 0.698. The van der Waals surface area contributed by atoms with Crippen LogP contribution in [0, 0.1) is 10.1 Å². The smallest absolute Gasteiger partial charge is 0.295 e. The lowest BCUT2D eigenvalue weighted by atomic mass is 10.1. The van der Waals surface area contributed by atoms with Gasteiger partial charge in [-0.1, -0.05) is 18.2 Å². The average Bonchev–Trinajstić information content (AvgIpc) is 3.28. The third-order valence-electron chi connectivity index (χ3n) is 5.01. The number of sulfonamides is 1. The van der Waals surface area contributed by atoms with Crippen molar-refractivity contribution >= 4 is 27.6 Å². The lowest BCUT2D eigenvalue weighted by Gasteiger charge is -2.04. The molecule has 0 saturated carbocycles. The number of hydrogen-bond donors (Lipinski definition) is 2. The number of methoxy groups -OCH3 is 1.